The molecular weight excluding hydrogens is 384 g/mol. The lowest BCUT2D eigenvalue weighted by Crippen LogP contribution is -2.20. The Morgan fingerprint density at radius 1 is 1.03 bits per heavy atom. The van der Waals surface area contributed by atoms with E-state index < -0.39 is 0 Å². The number of nitrogens with zero attached hydrogens (tertiary/aromatic N) is 4. The standard InChI is InChI=1S/C22H20N4O4/c1-27-15-9-7-14(8-10-15)19-11-26-13-23-20(17(26)12-29-19)22-24-21(25-30-22)16-5-3-4-6-18(16)28-2/h3-10,13,19H,11-12H2,1-2H3/t19-/m1/s1. The van der Waals surface area contributed by atoms with Crippen LogP contribution in [-0.2, 0) is 17.9 Å². The average Bonchev–Trinajstić information content (AvgIpc) is 3.45. The quantitative estimate of drug-likeness (QED) is 0.499. The number of hydrogen-bond donors (Lipinski definition) is 0. The van der Waals surface area contributed by atoms with Crippen LogP contribution in [0, 0.1) is 0 Å². The number of fused-ring (bicyclic) bond motifs is 1. The molecule has 0 radical (unpaired) electrons. The van der Waals surface area contributed by atoms with Gasteiger partial charge in [0, 0.05) is 0 Å². The van der Waals surface area contributed by atoms with Crippen LogP contribution in [0.1, 0.15) is 17.4 Å². The fourth-order valence-electron chi connectivity index (χ4n) is 3.58. The zero-order chi connectivity index (χ0) is 20.5. The molecule has 0 saturated heterocycles. The molecule has 0 bridgehead atoms. The largest absolute Gasteiger partial charge is 0.497 e. The summed E-state index contributed by atoms with van der Waals surface area (Å²) in [6.45, 7) is 1.06. The van der Waals surface area contributed by atoms with Crippen LogP contribution < -0.4 is 9.47 Å². The normalized spacial score (nSPS) is 15.6. The Morgan fingerprint density at radius 3 is 2.67 bits per heavy atom. The number of ether oxygens (including phenoxy) is 3. The summed E-state index contributed by atoms with van der Waals surface area (Å²) in [5, 5.41) is 4.11. The molecule has 1 atom stereocenters. The van der Waals surface area contributed by atoms with Crippen molar-refractivity contribution in [3.8, 4) is 34.5 Å². The molecule has 0 fully saturated rings. The third kappa shape index (κ3) is 3.21. The number of imidazole rings is 1. The molecular formula is C22H20N4O4. The third-order valence-corrected chi connectivity index (χ3v) is 5.19. The summed E-state index contributed by atoms with van der Waals surface area (Å²) < 4.78 is 24.3. The molecule has 0 N–H and O–H groups in total. The topological polar surface area (TPSA) is 84.4 Å². The summed E-state index contributed by atoms with van der Waals surface area (Å²) in [6, 6.07) is 15.4. The van der Waals surface area contributed by atoms with Gasteiger partial charge in [0.25, 0.3) is 5.89 Å². The Hall–Kier alpha value is -3.65. The molecule has 3 heterocycles. The molecule has 1 aliphatic heterocycles. The highest BCUT2D eigenvalue weighted by Crippen LogP contribution is 2.33. The predicted octanol–water partition coefficient (Wildman–Crippen LogP) is 3.89. The van der Waals surface area contributed by atoms with Gasteiger partial charge in [-0.2, -0.15) is 4.98 Å². The SMILES string of the molecule is COc1ccc([C@H]2Cn3cnc(-c4nc(-c5ccccc5OC)no4)c3CO2)cc1. The van der Waals surface area contributed by atoms with Gasteiger partial charge in [-0.15, -0.1) is 0 Å². The van der Waals surface area contributed by atoms with Crippen molar-refractivity contribution in [2.75, 3.05) is 14.2 Å². The maximum Gasteiger partial charge on any atom is 0.278 e. The number of hydrogen-bond acceptors (Lipinski definition) is 7. The van der Waals surface area contributed by atoms with Gasteiger partial charge in [0.05, 0.1) is 45.0 Å². The summed E-state index contributed by atoms with van der Waals surface area (Å²) in [5.74, 6) is 2.32. The van der Waals surface area contributed by atoms with Crippen molar-refractivity contribution in [1.29, 1.82) is 0 Å². The second-order valence-corrected chi connectivity index (χ2v) is 6.89. The van der Waals surface area contributed by atoms with Gasteiger partial charge in [-0.3, -0.25) is 0 Å². The zero-order valence-corrected chi connectivity index (χ0v) is 16.6. The van der Waals surface area contributed by atoms with Gasteiger partial charge in [-0.25, -0.2) is 4.98 Å². The molecule has 152 valence electrons. The summed E-state index contributed by atoms with van der Waals surface area (Å²) in [6.07, 6.45) is 1.73. The number of rotatable bonds is 5. The molecule has 0 amide bonds. The second kappa shape index (κ2) is 7.64. The molecule has 8 nitrogen and oxygen atoms in total. The van der Waals surface area contributed by atoms with Gasteiger partial charge < -0.3 is 23.3 Å². The molecule has 4 aromatic rings. The Kier molecular flexibility index (Phi) is 4.68. The highest BCUT2D eigenvalue weighted by molar-refractivity contribution is 5.65. The summed E-state index contributed by atoms with van der Waals surface area (Å²) in [7, 11) is 3.27. The fraction of sp³-hybridized carbons (Fsp3) is 0.227. The van der Waals surface area contributed by atoms with Crippen molar-refractivity contribution in [3.63, 3.8) is 0 Å². The smallest absolute Gasteiger partial charge is 0.278 e. The van der Waals surface area contributed by atoms with Crippen LogP contribution in [-0.4, -0.2) is 33.9 Å². The molecule has 0 unspecified atom stereocenters. The number of benzene rings is 2. The summed E-state index contributed by atoms with van der Waals surface area (Å²) in [4.78, 5) is 9.04. The molecule has 1 aliphatic rings. The molecule has 2 aromatic carbocycles. The Morgan fingerprint density at radius 2 is 1.87 bits per heavy atom. The Labute approximate surface area is 173 Å². The van der Waals surface area contributed by atoms with Gasteiger partial charge in [-0.1, -0.05) is 29.4 Å². The van der Waals surface area contributed by atoms with Crippen molar-refractivity contribution in [2.45, 2.75) is 19.3 Å². The highest BCUT2D eigenvalue weighted by Gasteiger charge is 2.27. The van der Waals surface area contributed by atoms with Crippen LogP contribution in [0.5, 0.6) is 11.5 Å². The maximum absolute atomic E-state index is 6.10. The van der Waals surface area contributed by atoms with Gasteiger partial charge in [-0.05, 0) is 29.8 Å². The molecule has 30 heavy (non-hydrogen) atoms. The van der Waals surface area contributed by atoms with Crippen LogP contribution in [0.2, 0.25) is 0 Å². The lowest BCUT2D eigenvalue weighted by molar-refractivity contribution is 0.00328. The predicted molar refractivity (Wildman–Crippen MR) is 108 cm³/mol. The first-order valence-corrected chi connectivity index (χ1v) is 9.54. The lowest BCUT2D eigenvalue weighted by atomic mass is 10.1. The number of para-hydroxylation sites is 1. The number of aromatic nitrogens is 4. The fourth-order valence-corrected chi connectivity index (χ4v) is 3.58. The van der Waals surface area contributed by atoms with E-state index in [1.54, 1.807) is 20.5 Å². The van der Waals surface area contributed by atoms with E-state index in [-0.39, 0.29) is 6.10 Å². The van der Waals surface area contributed by atoms with E-state index >= 15 is 0 Å². The van der Waals surface area contributed by atoms with E-state index in [1.165, 1.54) is 0 Å². The van der Waals surface area contributed by atoms with E-state index in [1.807, 2.05) is 48.5 Å². The Balaban J connectivity index is 1.40. The van der Waals surface area contributed by atoms with E-state index in [0.29, 0.717) is 36.3 Å². The monoisotopic (exact) mass is 404 g/mol. The van der Waals surface area contributed by atoms with Crippen molar-refractivity contribution in [2.24, 2.45) is 0 Å². The van der Waals surface area contributed by atoms with Crippen LogP contribution >= 0.6 is 0 Å². The highest BCUT2D eigenvalue weighted by atomic mass is 16.5. The summed E-state index contributed by atoms with van der Waals surface area (Å²) >= 11 is 0. The van der Waals surface area contributed by atoms with Crippen molar-refractivity contribution < 1.29 is 18.7 Å². The van der Waals surface area contributed by atoms with E-state index in [0.717, 1.165) is 22.6 Å². The van der Waals surface area contributed by atoms with Crippen molar-refractivity contribution in [1.82, 2.24) is 19.7 Å². The minimum absolute atomic E-state index is 0.0581. The molecule has 2 aromatic heterocycles. The van der Waals surface area contributed by atoms with Gasteiger partial charge >= 0.3 is 0 Å². The maximum atomic E-state index is 6.10. The third-order valence-electron chi connectivity index (χ3n) is 5.19. The van der Waals surface area contributed by atoms with Crippen LogP contribution in [0.4, 0.5) is 0 Å². The molecule has 0 aliphatic carbocycles. The first-order valence-electron chi connectivity index (χ1n) is 9.54. The minimum atomic E-state index is -0.0581. The van der Waals surface area contributed by atoms with Gasteiger partial charge in [0.2, 0.25) is 5.82 Å². The first-order chi connectivity index (χ1) is 14.8. The average molecular weight is 404 g/mol. The molecule has 0 spiro atoms. The lowest BCUT2D eigenvalue weighted by Gasteiger charge is -2.25. The van der Waals surface area contributed by atoms with Gasteiger partial charge in [0.1, 0.15) is 17.6 Å². The van der Waals surface area contributed by atoms with Crippen LogP contribution in [0.25, 0.3) is 23.0 Å². The van der Waals surface area contributed by atoms with Gasteiger partial charge in [0.15, 0.2) is 5.69 Å². The van der Waals surface area contributed by atoms with Crippen LogP contribution in [0.3, 0.4) is 0 Å². The van der Waals surface area contributed by atoms with E-state index in [2.05, 4.69) is 19.7 Å². The zero-order valence-electron chi connectivity index (χ0n) is 16.6. The first kappa shape index (κ1) is 18.4. The van der Waals surface area contributed by atoms with Crippen LogP contribution in [0.15, 0.2) is 59.4 Å². The molecule has 0 saturated carbocycles. The van der Waals surface area contributed by atoms with E-state index in [4.69, 9.17) is 18.7 Å². The van der Waals surface area contributed by atoms with Crippen molar-refractivity contribution in [3.05, 3.63) is 66.1 Å². The molecule has 8 heteroatoms. The second-order valence-electron chi connectivity index (χ2n) is 6.89. The number of methoxy groups -OCH3 is 2. The summed E-state index contributed by atoms with van der Waals surface area (Å²) in [5.41, 5.74) is 3.40. The van der Waals surface area contributed by atoms with E-state index in [9.17, 15) is 0 Å². The minimum Gasteiger partial charge on any atom is -0.497 e. The Bertz CT molecular complexity index is 1170. The van der Waals surface area contributed by atoms with Crippen molar-refractivity contribution >= 4 is 0 Å². The molecule has 5 rings (SSSR count).